The fourth-order valence-corrected chi connectivity index (χ4v) is 8.63. The number of hydrogen-bond acceptors (Lipinski definition) is 15. The first-order valence-corrected chi connectivity index (χ1v) is 19.4. The van der Waals surface area contributed by atoms with Gasteiger partial charge in [0.1, 0.15) is 24.6 Å². The van der Waals surface area contributed by atoms with Gasteiger partial charge >= 0.3 is 11.9 Å². The van der Waals surface area contributed by atoms with Crippen molar-refractivity contribution in [2.75, 3.05) is 33.1 Å². The Bertz CT molecular complexity index is 2290. The van der Waals surface area contributed by atoms with Gasteiger partial charge in [-0.3, -0.25) is 9.59 Å². The predicted octanol–water partition coefficient (Wildman–Crippen LogP) is 3.58. The minimum atomic E-state index is -1.93. The molecule has 2 aliphatic carbocycles. The first-order chi connectivity index (χ1) is 28.3. The molecule has 0 radical (unpaired) electrons. The minimum absolute atomic E-state index is 0.00410. The Balaban J connectivity index is 1.34. The number of fused-ring (bicyclic) bond motifs is 1. The zero-order chi connectivity index (χ0) is 43.5. The summed E-state index contributed by atoms with van der Waals surface area (Å²) in [5.74, 6) is 1.20. The summed E-state index contributed by atoms with van der Waals surface area (Å²) in [7, 11) is 4.90. The summed E-state index contributed by atoms with van der Waals surface area (Å²) in [6.07, 6.45) is 0.514. The molecule has 1 saturated heterocycles. The van der Waals surface area contributed by atoms with Gasteiger partial charge in [-0.1, -0.05) is 42.2 Å². The second kappa shape index (κ2) is 15.9. The highest BCUT2D eigenvalue weighted by Gasteiger charge is 2.61. The van der Waals surface area contributed by atoms with Crippen LogP contribution in [0.4, 0.5) is 5.69 Å². The van der Waals surface area contributed by atoms with Crippen LogP contribution in [0.1, 0.15) is 55.6 Å². The molecule has 318 valence electrons. The number of hydrogen-bond donors (Lipinski definition) is 5. The molecule has 0 saturated carbocycles. The monoisotopic (exact) mass is 847 g/mol. The van der Waals surface area contributed by atoms with Crippen molar-refractivity contribution in [3.8, 4) is 34.8 Å². The summed E-state index contributed by atoms with van der Waals surface area (Å²) in [6, 6.07) is 3.93. The van der Waals surface area contributed by atoms with E-state index in [1.165, 1.54) is 44.4 Å². The van der Waals surface area contributed by atoms with E-state index < -0.39 is 83.7 Å². The van der Waals surface area contributed by atoms with E-state index >= 15 is 0 Å². The van der Waals surface area contributed by atoms with Crippen LogP contribution in [-0.4, -0.2) is 113 Å². The van der Waals surface area contributed by atoms with E-state index in [0.717, 1.165) is 0 Å². The number of aliphatic hydroxyl groups is 2. The number of ether oxygens (including phenoxy) is 7. The van der Waals surface area contributed by atoms with Gasteiger partial charge in [0.05, 0.1) is 41.4 Å². The lowest BCUT2D eigenvalue weighted by Gasteiger charge is -2.56. The maximum Gasteiger partial charge on any atom is 0.341 e. The molecule has 4 bridgehead atoms. The SMILES string of the molecule is C=C1Oc2cc(OC)cc(C(=O)OC3COC(=O)C[C@H](N)c4cc(O)c(c(Cl)c4)O[C@@H]4C#CC=C3CC3=CC=CC34OC3(C)OC(C)(C)[C@@H](N(C)C)[C@@H](O)[C@H]3O)c2NC1=O. The molecule has 0 aromatic heterocycles. The van der Waals surface area contributed by atoms with Crippen LogP contribution in [0.3, 0.4) is 0 Å². The number of carbonyl (C=O) groups is 3. The van der Waals surface area contributed by atoms with Gasteiger partial charge in [0.2, 0.25) is 0 Å². The predicted molar refractivity (Wildman–Crippen MR) is 215 cm³/mol. The summed E-state index contributed by atoms with van der Waals surface area (Å²) in [5.41, 5.74) is 4.49. The number of benzene rings is 2. The van der Waals surface area contributed by atoms with E-state index in [2.05, 4.69) is 23.7 Å². The van der Waals surface area contributed by atoms with E-state index in [4.69, 9.17) is 50.5 Å². The van der Waals surface area contributed by atoms with Crippen LogP contribution in [0.5, 0.6) is 23.0 Å². The average molecular weight is 848 g/mol. The first-order valence-electron chi connectivity index (χ1n) is 19.0. The quantitative estimate of drug-likeness (QED) is 0.160. The number of allylic oxidation sites excluding steroid dienone is 3. The van der Waals surface area contributed by atoms with E-state index in [-0.39, 0.29) is 57.7 Å². The number of rotatable bonds is 6. The molecule has 2 aromatic rings. The number of anilines is 1. The highest BCUT2D eigenvalue weighted by Crippen LogP contribution is 2.49. The molecule has 2 aromatic carbocycles. The molecular formula is C43H46ClN3O13. The fraction of sp³-hybridized carbons (Fsp3) is 0.419. The molecule has 8 aliphatic rings. The third kappa shape index (κ3) is 7.74. The number of methoxy groups -OCH3 is 1. The van der Waals surface area contributed by atoms with Crippen LogP contribution in [-0.2, 0) is 28.5 Å². The van der Waals surface area contributed by atoms with Gasteiger partial charge in [-0.15, -0.1) is 0 Å². The lowest BCUT2D eigenvalue weighted by molar-refractivity contribution is -0.385. The highest BCUT2D eigenvalue weighted by atomic mass is 35.5. The average Bonchev–Trinajstić information content (AvgIpc) is 3.54. The molecule has 1 amide bonds. The van der Waals surface area contributed by atoms with E-state index in [1.807, 2.05) is 0 Å². The normalized spacial score (nSPS) is 30.6. The number of phenolic OH excluding ortho intramolecular Hbond substituents is 1. The number of amides is 1. The summed E-state index contributed by atoms with van der Waals surface area (Å²) >= 11 is 6.72. The number of nitrogens with zero attached hydrogens (tertiary/aromatic N) is 1. The number of likely N-dealkylation sites (N-methyl/N-ethyl adjacent to an activating group) is 1. The molecule has 17 heteroatoms. The third-order valence-electron chi connectivity index (χ3n) is 11.1. The van der Waals surface area contributed by atoms with Crippen molar-refractivity contribution in [3.05, 3.63) is 88.2 Å². The Kier molecular flexibility index (Phi) is 11.3. The van der Waals surface area contributed by atoms with Crippen LogP contribution in [0.15, 0.2) is 72.1 Å². The number of aliphatic hydroxyl groups excluding tert-OH is 2. The molecule has 0 spiro atoms. The van der Waals surface area contributed by atoms with Crippen LogP contribution in [0.25, 0.3) is 0 Å². The standard InChI is InChI=1S/C43H46ClN3O13/c1-21-39(52)46-34-26(17-25(54-7)18-30(34)56-21)40(53)57-31-20-55-33(49)19-28(45)23-15-27(44)36(29(48)16-23)58-32-12-8-10-22(31)14-24-11-9-13-43(24,32)60-42(4)38(51)35(50)37(47(5)6)41(2,3)59-42/h9-11,13,15-18,28,31-32,35,37-38,48,50-51H,1,14,19-20,45H2,2-7H3,(H,46,52)/t28-,31?,32+,35+,37-,38+,42?,43?/m0/s1. The minimum Gasteiger partial charge on any atom is -0.504 e. The van der Waals surface area contributed by atoms with Gasteiger partial charge in [0, 0.05) is 12.1 Å². The Morgan fingerprint density at radius 2 is 1.90 bits per heavy atom. The highest BCUT2D eigenvalue weighted by molar-refractivity contribution is 6.32. The van der Waals surface area contributed by atoms with Crippen molar-refractivity contribution in [1.82, 2.24) is 4.90 Å². The second-order valence-electron chi connectivity index (χ2n) is 16.0. The van der Waals surface area contributed by atoms with Gasteiger partial charge in [-0.05, 0) is 88.3 Å². The molecule has 8 atom stereocenters. The first kappa shape index (κ1) is 42.7. The van der Waals surface area contributed by atoms with Gasteiger partial charge in [0.15, 0.2) is 46.6 Å². The smallest absolute Gasteiger partial charge is 0.341 e. The van der Waals surface area contributed by atoms with Crippen LogP contribution in [0, 0.1) is 11.8 Å². The Morgan fingerprint density at radius 3 is 2.60 bits per heavy atom. The lowest BCUT2D eigenvalue weighted by Crippen LogP contribution is -2.72. The molecule has 3 unspecified atom stereocenters. The summed E-state index contributed by atoms with van der Waals surface area (Å²) in [4.78, 5) is 41.9. The Hall–Kier alpha value is -5.38. The third-order valence-corrected chi connectivity index (χ3v) is 11.4. The number of nitrogens with one attached hydrogen (secondary N) is 1. The van der Waals surface area contributed by atoms with E-state index in [1.54, 1.807) is 51.1 Å². The molecule has 10 rings (SSSR count). The number of nitrogens with two attached hydrogens (primary N) is 1. The van der Waals surface area contributed by atoms with Gasteiger partial charge in [-0.25, -0.2) is 4.79 Å². The van der Waals surface area contributed by atoms with E-state index in [9.17, 15) is 29.7 Å². The van der Waals surface area contributed by atoms with Crippen molar-refractivity contribution in [3.63, 3.8) is 0 Å². The maximum atomic E-state index is 14.2. The van der Waals surface area contributed by atoms with Crippen LogP contribution >= 0.6 is 11.6 Å². The number of aromatic hydroxyl groups is 1. The lowest BCUT2D eigenvalue weighted by atomic mass is 9.81. The van der Waals surface area contributed by atoms with Crippen molar-refractivity contribution >= 4 is 35.1 Å². The van der Waals surface area contributed by atoms with Gasteiger partial charge in [0.25, 0.3) is 5.91 Å². The molecular weight excluding hydrogens is 802 g/mol. The van der Waals surface area contributed by atoms with Crippen molar-refractivity contribution in [2.24, 2.45) is 5.73 Å². The number of phenols is 1. The van der Waals surface area contributed by atoms with Gasteiger partial charge < -0.3 is 64.4 Å². The number of carbonyl (C=O) groups excluding carboxylic acids is 3. The number of esters is 2. The summed E-state index contributed by atoms with van der Waals surface area (Å²) in [6.45, 7) is 8.11. The Morgan fingerprint density at radius 1 is 1.15 bits per heavy atom. The fourth-order valence-electron chi connectivity index (χ4n) is 8.37. The molecule has 6 heterocycles. The van der Waals surface area contributed by atoms with Crippen molar-refractivity contribution < 1.29 is 62.9 Å². The number of halogens is 1. The Labute approximate surface area is 351 Å². The largest absolute Gasteiger partial charge is 0.504 e. The molecule has 60 heavy (non-hydrogen) atoms. The molecule has 16 nitrogen and oxygen atoms in total. The van der Waals surface area contributed by atoms with E-state index in [0.29, 0.717) is 11.1 Å². The zero-order valence-electron chi connectivity index (χ0n) is 33.7. The van der Waals surface area contributed by atoms with Gasteiger partial charge in [-0.2, -0.15) is 0 Å². The van der Waals surface area contributed by atoms with Crippen LogP contribution in [0.2, 0.25) is 5.02 Å². The van der Waals surface area contributed by atoms with Crippen molar-refractivity contribution in [1.29, 1.82) is 0 Å². The summed E-state index contributed by atoms with van der Waals surface area (Å²) in [5, 5.41) is 37.2. The molecule has 6 aliphatic heterocycles. The maximum absolute atomic E-state index is 14.2. The van der Waals surface area contributed by atoms with Crippen LogP contribution < -0.4 is 25.3 Å². The zero-order valence-corrected chi connectivity index (χ0v) is 34.5. The van der Waals surface area contributed by atoms with Crippen molar-refractivity contribution in [2.45, 2.75) is 87.1 Å². The second-order valence-corrected chi connectivity index (χ2v) is 16.4. The molecule has 1 fully saturated rings. The topological polar surface area (TPSA) is 218 Å². The summed E-state index contributed by atoms with van der Waals surface area (Å²) < 4.78 is 42.8. The molecule has 6 N–H and O–H groups in total.